The Morgan fingerprint density at radius 2 is 1.92 bits per heavy atom. The Hall–Kier alpha value is 0.0900. The minimum absolute atomic E-state index is 0.173. The summed E-state index contributed by atoms with van der Waals surface area (Å²) in [5, 5.41) is 0. The van der Waals surface area contributed by atoms with Gasteiger partial charge in [-0.1, -0.05) is 21.6 Å². The largest absolute Gasteiger partial charge is 0.468 e. The van der Waals surface area contributed by atoms with E-state index in [0.29, 0.717) is 5.75 Å². The average Bonchev–Trinajstić information content (AvgIpc) is 2.10. The highest BCUT2D eigenvalue weighted by molar-refractivity contribution is 8.76. The van der Waals surface area contributed by atoms with Gasteiger partial charge in [-0.15, -0.1) is 0 Å². The number of ether oxygens (including phenoxy) is 1. The molecule has 0 amide bonds. The molecule has 0 saturated carbocycles. The second-order valence-corrected chi connectivity index (χ2v) is 5.23. The lowest BCUT2D eigenvalue weighted by Gasteiger charge is -2.08. The Kier molecular flexibility index (Phi) is 7.54. The third-order valence-corrected chi connectivity index (χ3v) is 3.81. The molecule has 4 nitrogen and oxygen atoms in total. The Labute approximate surface area is 86.5 Å². The van der Waals surface area contributed by atoms with Crippen LogP contribution in [0.3, 0.4) is 0 Å². The molecule has 0 fully saturated rings. The van der Waals surface area contributed by atoms with Gasteiger partial charge in [-0.25, -0.2) is 0 Å². The molecule has 0 bridgehead atoms. The number of nitrogens with two attached hydrogens (primary N) is 2. The van der Waals surface area contributed by atoms with Crippen molar-refractivity contribution in [1.82, 2.24) is 0 Å². The normalized spacial score (nSPS) is 15.1. The van der Waals surface area contributed by atoms with E-state index in [-0.39, 0.29) is 12.0 Å². The first-order chi connectivity index (χ1) is 6.07. The van der Waals surface area contributed by atoms with Gasteiger partial charge in [0.2, 0.25) is 0 Å². The number of hydrogen-bond donors (Lipinski definition) is 2. The van der Waals surface area contributed by atoms with Crippen LogP contribution in [-0.2, 0) is 9.53 Å². The molecule has 13 heavy (non-hydrogen) atoms. The van der Waals surface area contributed by atoms with Crippen LogP contribution in [0.4, 0.5) is 0 Å². The average molecular weight is 224 g/mol. The summed E-state index contributed by atoms with van der Waals surface area (Å²) >= 11 is 0. The Morgan fingerprint density at radius 3 is 2.38 bits per heavy atom. The lowest BCUT2D eigenvalue weighted by molar-refractivity contribution is -0.141. The molecule has 0 saturated heterocycles. The second kappa shape index (κ2) is 7.49. The molecule has 6 heteroatoms. The van der Waals surface area contributed by atoms with Gasteiger partial charge in [0, 0.05) is 17.5 Å². The summed E-state index contributed by atoms with van der Waals surface area (Å²) in [7, 11) is 4.50. The first kappa shape index (κ1) is 13.1. The molecule has 2 atom stereocenters. The van der Waals surface area contributed by atoms with Crippen LogP contribution in [-0.4, -0.2) is 36.7 Å². The Balaban J connectivity index is 3.37. The third-order valence-electron chi connectivity index (χ3n) is 1.17. The highest BCUT2D eigenvalue weighted by Crippen LogP contribution is 2.21. The summed E-state index contributed by atoms with van der Waals surface area (Å²) in [6.45, 7) is 1.94. The zero-order valence-corrected chi connectivity index (χ0v) is 9.49. The van der Waals surface area contributed by atoms with E-state index in [0.717, 1.165) is 5.75 Å². The van der Waals surface area contributed by atoms with Crippen molar-refractivity contribution in [3.05, 3.63) is 0 Å². The predicted molar refractivity (Wildman–Crippen MR) is 58.6 cm³/mol. The van der Waals surface area contributed by atoms with E-state index in [2.05, 4.69) is 4.74 Å². The van der Waals surface area contributed by atoms with E-state index in [1.807, 2.05) is 6.92 Å². The van der Waals surface area contributed by atoms with E-state index in [9.17, 15) is 4.79 Å². The van der Waals surface area contributed by atoms with Gasteiger partial charge in [0.15, 0.2) is 0 Å². The SMILES string of the molecule is COC(=O)[C@@H](N)CSSC[C@@H](C)N. The number of rotatable bonds is 6. The third kappa shape index (κ3) is 7.18. The van der Waals surface area contributed by atoms with Crippen LogP contribution in [0.5, 0.6) is 0 Å². The fourth-order valence-corrected chi connectivity index (χ4v) is 2.85. The molecule has 78 valence electrons. The number of carbonyl (C=O) groups is 1. The summed E-state index contributed by atoms with van der Waals surface area (Å²) in [6.07, 6.45) is 0. The molecule has 0 aromatic heterocycles. The highest BCUT2D eigenvalue weighted by atomic mass is 33.1. The molecule has 4 N–H and O–H groups in total. The van der Waals surface area contributed by atoms with Crippen molar-refractivity contribution in [2.45, 2.75) is 19.0 Å². The van der Waals surface area contributed by atoms with Gasteiger partial charge in [0.25, 0.3) is 0 Å². The second-order valence-electron chi connectivity index (χ2n) is 2.68. The zero-order valence-electron chi connectivity index (χ0n) is 7.86. The number of hydrogen-bond acceptors (Lipinski definition) is 6. The maximum absolute atomic E-state index is 10.8. The van der Waals surface area contributed by atoms with Crippen LogP contribution >= 0.6 is 21.6 Å². The van der Waals surface area contributed by atoms with E-state index < -0.39 is 6.04 Å². The van der Waals surface area contributed by atoms with E-state index >= 15 is 0 Å². The molecule has 0 aliphatic carbocycles. The van der Waals surface area contributed by atoms with E-state index in [4.69, 9.17) is 11.5 Å². The highest BCUT2D eigenvalue weighted by Gasteiger charge is 2.13. The molecule has 0 rings (SSSR count). The molecular formula is C7H16N2O2S2. The van der Waals surface area contributed by atoms with Gasteiger partial charge >= 0.3 is 5.97 Å². The maximum Gasteiger partial charge on any atom is 0.323 e. The fourth-order valence-electron chi connectivity index (χ4n) is 0.496. The Bertz CT molecular complexity index is 155. The monoisotopic (exact) mass is 224 g/mol. The fraction of sp³-hybridized carbons (Fsp3) is 0.857. The lowest BCUT2D eigenvalue weighted by atomic mass is 10.4. The lowest BCUT2D eigenvalue weighted by Crippen LogP contribution is -2.33. The van der Waals surface area contributed by atoms with Gasteiger partial charge in [0.05, 0.1) is 7.11 Å². The standard InChI is InChI=1S/C7H16N2O2S2/c1-5(8)3-12-13-4-6(9)7(10)11-2/h5-6H,3-4,8-9H2,1-2H3/t5-,6+/m1/s1. The van der Waals surface area contributed by atoms with Gasteiger partial charge < -0.3 is 16.2 Å². The Morgan fingerprint density at radius 1 is 1.38 bits per heavy atom. The first-order valence-electron chi connectivity index (χ1n) is 3.91. The minimum atomic E-state index is -0.532. The molecule has 0 spiro atoms. The molecular weight excluding hydrogens is 208 g/mol. The van der Waals surface area contributed by atoms with Crippen molar-refractivity contribution in [3.63, 3.8) is 0 Å². The summed E-state index contributed by atoms with van der Waals surface area (Å²) in [6, 6.07) is -0.359. The van der Waals surface area contributed by atoms with Crippen molar-refractivity contribution in [1.29, 1.82) is 0 Å². The van der Waals surface area contributed by atoms with Crippen LogP contribution in [0.15, 0.2) is 0 Å². The van der Waals surface area contributed by atoms with Crippen molar-refractivity contribution < 1.29 is 9.53 Å². The van der Waals surface area contributed by atoms with Crippen LogP contribution in [0.25, 0.3) is 0 Å². The van der Waals surface area contributed by atoms with Crippen LogP contribution in [0.2, 0.25) is 0 Å². The summed E-state index contributed by atoms with van der Waals surface area (Å²) in [5.74, 6) is 1.05. The molecule has 0 aliphatic rings. The minimum Gasteiger partial charge on any atom is -0.468 e. The molecule has 0 aromatic carbocycles. The van der Waals surface area contributed by atoms with Crippen molar-refractivity contribution in [3.8, 4) is 0 Å². The van der Waals surface area contributed by atoms with Crippen LogP contribution in [0, 0.1) is 0 Å². The predicted octanol–water partition coefficient (Wildman–Crippen LogP) is 0.215. The molecule has 0 heterocycles. The number of carbonyl (C=O) groups excluding carboxylic acids is 1. The van der Waals surface area contributed by atoms with Crippen LogP contribution in [0.1, 0.15) is 6.92 Å². The van der Waals surface area contributed by atoms with E-state index in [1.165, 1.54) is 7.11 Å². The summed E-state index contributed by atoms with van der Waals surface area (Å²) < 4.78 is 4.48. The summed E-state index contributed by atoms with van der Waals surface area (Å²) in [5.41, 5.74) is 11.0. The van der Waals surface area contributed by atoms with Crippen molar-refractivity contribution >= 4 is 27.6 Å². The van der Waals surface area contributed by atoms with Crippen molar-refractivity contribution in [2.24, 2.45) is 11.5 Å². The topological polar surface area (TPSA) is 78.3 Å². The molecule has 0 radical (unpaired) electrons. The number of methoxy groups -OCH3 is 1. The zero-order chi connectivity index (χ0) is 10.3. The van der Waals surface area contributed by atoms with Crippen LogP contribution < -0.4 is 11.5 Å². The van der Waals surface area contributed by atoms with Crippen molar-refractivity contribution in [2.75, 3.05) is 18.6 Å². The van der Waals surface area contributed by atoms with Gasteiger partial charge in [-0.05, 0) is 6.92 Å². The molecule has 0 unspecified atom stereocenters. The molecule has 0 aliphatic heterocycles. The number of esters is 1. The van der Waals surface area contributed by atoms with Gasteiger partial charge in [-0.2, -0.15) is 0 Å². The van der Waals surface area contributed by atoms with E-state index in [1.54, 1.807) is 21.6 Å². The van der Waals surface area contributed by atoms with Gasteiger partial charge in [-0.3, -0.25) is 4.79 Å². The molecule has 0 aromatic rings. The quantitative estimate of drug-likeness (QED) is 0.382. The maximum atomic E-state index is 10.8. The van der Waals surface area contributed by atoms with Gasteiger partial charge in [0.1, 0.15) is 6.04 Å². The smallest absolute Gasteiger partial charge is 0.323 e. The first-order valence-corrected chi connectivity index (χ1v) is 6.40. The summed E-state index contributed by atoms with van der Waals surface area (Å²) in [4.78, 5) is 10.8.